The van der Waals surface area contributed by atoms with Crippen molar-refractivity contribution in [3.63, 3.8) is 0 Å². The molecule has 3 rings (SSSR count). The molecule has 1 aromatic heterocycles. The second-order valence-corrected chi connectivity index (χ2v) is 6.72. The number of hydrogen-bond donors (Lipinski definition) is 0. The number of esters is 1. The number of carbonyl (C=O) groups is 2. The van der Waals surface area contributed by atoms with Crippen molar-refractivity contribution in [1.82, 2.24) is 0 Å². The van der Waals surface area contributed by atoms with Gasteiger partial charge in [0.05, 0.1) is 12.2 Å². The lowest BCUT2D eigenvalue weighted by molar-refractivity contribution is -0.136. The highest BCUT2D eigenvalue weighted by Gasteiger charge is 2.43. The Kier molecular flexibility index (Phi) is 4.86. The quantitative estimate of drug-likeness (QED) is 0.297. The highest BCUT2D eigenvalue weighted by Crippen LogP contribution is 2.46. The molecule has 2 aromatic carbocycles. The van der Waals surface area contributed by atoms with Crippen molar-refractivity contribution in [1.29, 1.82) is 0 Å². The summed E-state index contributed by atoms with van der Waals surface area (Å²) in [6.45, 7) is 1.23. The summed E-state index contributed by atoms with van der Waals surface area (Å²) in [6, 6.07) is 5.85. The van der Waals surface area contributed by atoms with Crippen molar-refractivity contribution in [2.75, 3.05) is 6.61 Å². The first-order valence-electron chi connectivity index (χ1n) is 7.80. The number of fused-ring (bicyclic) bond motifs is 3. The Morgan fingerprint density at radius 1 is 1.00 bits per heavy atom. The van der Waals surface area contributed by atoms with E-state index in [1.807, 2.05) is 0 Å². The van der Waals surface area contributed by atoms with Crippen LogP contribution in [0.25, 0.3) is 20.9 Å². The molecule has 0 amide bonds. The van der Waals surface area contributed by atoms with Crippen molar-refractivity contribution in [3.05, 3.63) is 46.3 Å². The second-order valence-electron chi connectivity index (χ2n) is 5.70. The van der Waals surface area contributed by atoms with Crippen LogP contribution in [0.3, 0.4) is 0 Å². The molecule has 0 aliphatic heterocycles. The summed E-state index contributed by atoms with van der Waals surface area (Å²) in [4.78, 5) is 23.1. The van der Waals surface area contributed by atoms with E-state index in [0.29, 0.717) is 17.4 Å². The lowest BCUT2D eigenvalue weighted by Gasteiger charge is -2.12. The summed E-state index contributed by atoms with van der Waals surface area (Å²) in [6.07, 6.45) is -10.3. The number of rotatable bonds is 3. The van der Waals surface area contributed by atoms with E-state index >= 15 is 0 Å². The molecule has 1 heterocycles. The minimum absolute atomic E-state index is 0.0126. The summed E-state index contributed by atoms with van der Waals surface area (Å²) in [5.41, 5.74) is -2.32. The highest BCUT2D eigenvalue weighted by atomic mass is 32.1. The summed E-state index contributed by atoms with van der Waals surface area (Å²) < 4.78 is 84.6. The standard InChI is InChI=1S/C18H10F6O3S/c1-2-27-16(26)14-12(17(19,20)21)11-7-10(15(25)18(22,23)24)8-5-3-4-6-9(8)13(11)28-14/h3-7H,2H2,1H3. The van der Waals surface area contributed by atoms with E-state index in [1.54, 1.807) is 0 Å². The predicted octanol–water partition coefficient (Wildman–Crippen LogP) is 6.00. The van der Waals surface area contributed by atoms with E-state index in [2.05, 4.69) is 4.74 Å². The second kappa shape index (κ2) is 6.77. The van der Waals surface area contributed by atoms with Gasteiger partial charge in [-0.05, 0) is 18.4 Å². The Bertz CT molecular complexity index is 1090. The molecule has 0 saturated carbocycles. The van der Waals surface area contributed by atoms with Crippen molar-refractivity contribution >= 4 is 43.9 Å². The summed E-state index contributed by atoms with van der Waals surface area (Å²) >= 11 is 0.469. The fourth-order valence-corrected chi connectivity index (χ4v) is 4.12. The van der Waals surface area contributed by atoms with Crippen LogP contribution in [0.5, 0.6) is 0 Å². The summed E-state index contributed by atoms with van der Waals surface area (Å²) in [7, 11) is 0. The maximum absolute atomic E-state index is 13.7. The van der Waals surface area contributed by atoms with Crippen molar-refractivity contribution in [2.45, 2.75) is 19.3 Å². The van der Waals surface area contributed by atoms with E-state index in [-0.39, 0.29) is 22.1 Å². The molecule has 0 aliphatic rings. The molecule has 0 radical (unpaired) electrons. The van der Waals surface area contributed by atoms with Crippen LogP contribution in [0.2, 0.25) is 0 Å². The number of Topliss-reactive ketones (excluding diaryl/α,β-unsaturated/α-hetero) is 1. The van der Waals surface area contributed by atoms with E-state index in [9.17, 15) is 35.9 Å². The predicted molar refractivity (Wildman–Crippen MR) is 90.7 cm³/mol. The molecule has 0 fully saturated rings. The van der Waals surface area contributed by atoms with E-state index in [1.165, 1.54) is 31.2 Å². The third-order valence-corrected chi connectivity index (χ3v) is 5.16. The van der Waals surface area contributed by atoms with Gasteiger partial charge in [-0.15, -0.1) is 11.3 Å². The van der Waals surface area contributed by atoms with E-state index in [4.69, 9.17) is 0 Å². The Morgan fingerprint density at radius 2 is 1.61 bits per heavy atom. The molecule has 0 N–H and O–H groups in total. The minimum Gasteiger partial charge on any atom is -0.462 e. The molecule has 0 bridgehead atoms. The normalized spacial score (nSPS) is 12.5. The van der Waals surface area contributed by atoms with Gasteiger partial charge in [0.2, 0.25) is 0 Å². The molecule has 0 atom stereocenters. The first-order chi connectivity index (χ1) is 13.0. The number of thiophene rings is 1. The molecule has 3 nitrogen and oxygen atoms in total. The third kappa shape index (κ3) is 3.32. The zero-order valence-corrected chi connectivity index (χ0v) is 14.8. The van der Waals surface area contributed by atoms with Gasteiger partial charge in [-0.1, -0.05) is 24.3 Å². The number of ether oxygens (including phenoxy) is 1. The fourth-order valence-electron chi connectivity index (χ4n) is 2.88. The van der Waals surface area contributed by atoms with Crippen LogP contribution in [0.15, 0.2) is 30.3 Å². The fraction of sp³-hybridized carbons (Fsp3) is 0.222. The zero-order chi connectivity index (χ0) is 20.9. The van der Waals surface area contributed by atoms with Crippen LogP contribution in [-0.2, 0) is 10.9 Å². The summed E-state index contributed by atoms with van der Waals surface area (Å²) in [5.74, 6) is -3.49. The maximum atomic E-state index is 13.7. The van der Waals surface area contributed by atoms with Crippen LogP contribution in [-0.4, -0.2) is 24.5 Å². The average molecular weight is 420 g/mol. The largest absolute Gasteiger partial charge is 0.462 e. The Hall–Kier alpha value is -2.62. The number of ketones is 1. The smallest absolute Gasteiger partial charge is 0.454 e. The van der Waals surface area contributed by atoms with Gasteiger partial charge >= 0.3 is 18.3 Å². The number of halogens is 6. The molecule has 10 heteroatoms. The lowest BCUT2D eigenvalue weighted by atomic mass is 9.97. The molecular weight excluding hydrogens is 410 g/mol. The van der Waals surface area contributed by atoms with Crippen LogP contribution in [0.1, 0.15) is 32.5 Å². The average Bonchev–Trinajstić information content (AvgIpc) is 3.00. The first-order valence-corrected chi connectivity index (χ1v) is 8.62. The van der Waals surface area contributed by atoms with Gasteiger partial charge in [-0.2, -0.15) is 26.3 Å². The van der Waals surface area contributed by atoms with Crippen LogP contribution in [0.4, 0.5) is 26.3 Å². The molecule has 28 heavy (non-hydrogen) atoms. The third-order valence-electron chi connectivity index (χ3n) is 3.94. The lowest BCUT2D eigenvalue weighted by Crippen LogP contribution is -2.23. The Balaban J connectivity index is 2.48. The van der Waals surface area contributed by atoms with Gasteiger partial charge in [-0.25, -0.2) is 4.79 Å². The van der Waals surface area contributed by atoms with Crippen molar-refractivity contribution in [3.8, 4) is 0 Å². The Morgan fingerprint density at radius 3 is 2.14 bits per heavy atom. The van der Waals surface area contributed by atoms with Gasteiger partial charge < -0.3 is 4.74 Å². The van der Waals surface area contributed by atoms with Crippen molar-refractivity contribution in [2.24, 2.45) is 0 Å². The molecule has 0 saturated heterocycles. The Labute approximate surface area is 157 Å². The van der Waals surface area contributed by atoms with Crippen LogP contribution in [0, 0.1) is 0 Å². The number of benzene rings is 2. The van der Waals surface area contributed by atoms with Gasteiger partial charge in [0.25, 0.3) is 5.78 Å². The summed E-state index contributed by atoms with van der Waals surface area (Å²) in [5, 5.41) is -0.784. The van der Waals surface area contributed by atoms with E-state index < -0.39 is 45.5 Å². The van der Waals surface area contributed by atoms with Crippen LogP contribution < -0.4 is 0 Å². The molecular formula is C18H10F6O3S. The monoisotopic (exact) mass is 420 g/mol. The van der Waals surface area contributed by atoms with Gasteiger partial charge in [0.1, 0.15) is 4.88 Å². The number of carbonyl (C=O) groups excluding carboxylic acids is 2. The number of hydrogen-bond acceptors (Lipinski definition) is 4. The molecule has 148 valence electrons. The van der Waals surface area contributed by atoms with Gasteiger partial charge in [0, 0.05) is 21.0 Å². The zero-order valence-electron chi connectivity index (χ0n) is 14.0. The van der Waals surface area contributed by atoms with Gasteiger partial charge in [-0.3, -0.25) is 4.79 Å². The van der Waals surface area contributed by atoms with E-state index in [0.717, 1.165) is 0 Å². The van der Waals surface area contributed by atoms with Gasteiger partial charge in [0.15, 0.2) is 0 Å². The first kappa shape index (κ1) is 20.1. The molecule has 0 unspecified atom stereocenters. The van der Waals surface area contributed by atoms with Crippen LogP contribution >= 0.6 is 11.3 Å². The molecule has 0 spiro atoms. The SMILES string of the molecule is CCOC(=O)c1sc2c(cc(C(=O)C(F)(F)F)c3ccccc32)c1C(F)(F)F. The number of alkyl halides is 6. The van der Waals surface area contributed by atoms with Crippen molar-refractivity contribution < 1.29 is 40.7 Å². The molecule has 3 aromatic rings. The maximum Gasteiger partial charge on any atom is 0.454 e. The molecule has 0 aliphatic carbocycles. The topological polar surface area (TPSA) is 43.4 Å². The minimum atomic E-state index is -5.27. The highest BCUT2D eigenvalue weighted by molar-refractivity contribution is 7.22.